The van der Waals surface area contributed by atoms with Crippen molar-refractivity contribution < 1.29 is 28.2 Å². The largest absolute Gasteiger partial charge is 0.491 e. The zero-order chi connectivity index (χ0) is 20.4. The Morgan fingerprint density at radius 3 is 2.86 bits per heavy atom. The molecule has 1 atom stereocenters. The number of nitrogens with zero attached hydrogens (tertiary/aromatic N) is 1. The van der Waals surface area contributed by atoms with Gasteiger partial charge in [0.1, 0.15) is 17.9 Å². The van der Waals surface area contributed by atoms with E-state index in [0.29, 0.717) is 40.8 Å². The number of carbonyl (C=O) groups is 1. The van der Waals surface area contributed by atoms with Crippen molar-refractivity contribution in [3.8, 4) is 23.0 Å². The van der Waals surface area contributed by atoms with Crippen LogP contribution < -0.4 is 14.8 Å². The first-order valence-corrected chi connectivity index (χ1v) is 9.43. The Morgan fingerprint density at radius 2 is 2.14 bits per heavy atom. The van der Waals surface area contributed by atoms with E-state index in [0.717, 1.165) is 12.8 Å². The molecule has 1 amide bonds. The molecule has 1 heterocycles. The summed E-state index contributed by atoms with van der Waals surface area (Å²) in [5.41, 5.74) is 1.61. The number of hydrogen-bond donors (Lipinski definition) is 2. The molecule has 2 aromatic carbocycles. The molecule has 7 nitrogen and oxygen atoms in total. The number of oxazole rings is 1. The normalized spacial score (nSPS) is 14.6. The minimum atomic E-state index is -1.10. The highest BCUT2D eigenvalue weighted by molar-refractivity contribution is 5.77. The number of hydrogen-bond acceptors (Lipinski definition) is 5. The second-order valence-corrected chi connectivity index (χ2v) is 7.21. The van der Waals surface area contributed by atoms with Gasteiger partial charge in [0.15, 0.2) is 17.1 Å². The van der Waals surface area contributed by atoms with Crippen LogP contribution >= 0.6 is 0 Å². The molecule has 0 bridgehead atoms. The quantitative estimate of drug-likeness (QED) is 0.580. The standard InChI is InChI=1S/C21H21FN2O5/c1-12(23-21(25)26)10-27-15-5-6-17-19(9-15)29-20(24-17)14-4-7-18(16(22)8-14)28-11-13-2-3-13/h4-9,12-13,23H,2-3,10-11H2,1H3,(H,25,26)/t12-/m0/s1. The molecular formula is C21H21FN2O5. The van der Waals surface area contributed by atoms with Gasteiger partial charge in [-0.3, -0.25) is 0 Å². The van der Waals surface area contributed by atoms with Gasteiger partial charge in [0.25, 0.3) is 0 Å². The van der Waals surface area contributed by atoms with E-state index in [9.17, 15) is 9.18 Å². The molecule has 1 saturated carbocycles. The zero-order valence-corrected chi connectivity index (χ0v) is 15.9. The minimum Gasteiger partial charge on any atom is -0.491 e. The molecule has 1 aliphatic rings. The third kappa shape index (κ3) is 4.77. The average molecular weight is 400 g/mol. The number of carboxylic acid groups (broad SMARTS) is 1. The third-order valence-electron chi connectivity index (χ3n) is 4.58. The number of fused-ring (bicyclic) bond motifs is 1. The van der Waals surface area contributed by atoms with Crippen molar-refractivity contribution in [2.75, 3.05) is 13.2 Å². The summed E-state index contributed by atoms with van der Waals surface area (Å²) in [5, 5.41) is 11.0. The van der Waals surface area contributed by atoms with Crippen LogP contribution in [0.2, 0.25) is 0 Å². The van der Waals surface area contributed by atoms with Crippen LogP contribution in [0.4, 0.5) is 9.18 Å². The summed E-state index contributed by atoms with van der Waals surface area (Å²) in [6.45, 7) is 2.42. The molecule has 0 unspecified atom stereocenters. The number of nitrogens with one attached hydrogen (secondary N) is 1. The van der Waals surface area contributed by atoms with Gasteiger partial charge in [0.2, 0.25) is 5.89 Å². The van der Waals surface area contributed by atoms with E-state index in [2.05, 4.69) is 10.3 Å². The Balaban J connectivity index is 1.46. The van der Waals surface area contributed by atoms with Crippen molar-refractivity contribution >= 4 is 17.2 Å². The summed E-state index contributed by atoms with van der Waals surface area (Å²) in [7, 11) is 0. The molecule has 0 radical (unpaired) electrons. The molecule has 1 aliphatic carbocycles. The minimum absolute atomic E-state index is 0.173. The van der Waals surface area contributed by atoms with Crippen LogP contribution in [0.5, 0.6) is 11.5 Å². The highest BCUT2D eigenvalue weighted by Crippen LogP contribution is 2.32. The van der Waals surface area contributed by atoms with E-state index in [1.165, 1.54) is 6.07 Å². The molecule has 29 heavy (non-hydrogen) atoms. The maximum atomic E-state index is 14.3. The zero-order valence-electron chi connectivity index (χ0n) is 15.9. The number of rotatable bonds is 8. The molecule has 0 aliphatic heterocycles. The maximum absolute atomic E-state index is 14.3. The molecule has 0 saturated heterocycles. The lowest BCUT2D eigenvalue weighted by molar-refractivity contribution is 0.183. The second-order valence-electron chi connectivity index (χ2n) is 7.21. The number of halogens is 1. The lowest BCUT2D eigenvalue weighted by Crippen LogP contribution is -2.35. The molecular weight excluding hydrogens is 379 g/mol. The van der Waals surface area contributed by atoms with Gasteiger partial charge in [0, 0.05) is 11.6 Å². The number of amides is 1. The van der Waals surface area contributed by atoms with Crippen molar-refractivity contribution in [2.24, 2.45) is 5.92 Å². The fourth-order valence-electron chi connectivity index (χ4n) is 2.83. The third-order valence-corrected chi connectivity index (χ3v) is 4.58. The van der Waals surface area contributed by atoms with Crippen molar-refractivity contribution in [1.82, 2.24) is 10.3 Å². The van der Waals surface area contributed by atoms with E-state index in [1.54, 1.807) is 37.3 Å². The summed E-state index contributed by atoms with van der Waals surface area (Å²) in [6.07, 6.45) is 1.18. The van der Waals surface area contributed by atoms with Gasteiger partial charge >= 0.3 is 6.09 Å². The Hall–Kier alpha value is -3.29. The molecule has 1 fully saturated rings. The molecule has 2 N–H and O–H groups in total. The fourth-order valence-corrected chi connectivity index (χ4v) is 2.83. The van der Waals surface area contributed by atoms with Crippen molar-refractivity contribution in [2.45, 2.75) is 25.8 Å². The van der Waals surface area contributed by atoms with E-state index in [1.807, 2.05) is 0 Å². The van der Waals surface area contributed by atoms with Crippen molar-refractivity contribution in [3.05, 3.63) is 42.2 Å². The molecule has 1 aromatic heterocycles. The van der Waals surface area contributed by atoms with Gasteiger partial charge in [-0.2, -0.15) is 0 Å². The average Bonchev–Trinajstić information content (AvgIpc) is 3.41. The van der Waals surface area contributed by atoms with Crippen LogP contribution in [0, 0.1) is 11.7 Å². The van der Waals surface area contributed by atoms with Crippen molar-refractivity contribution in [3.63, 3.8) is 0 Å². The Labute approximate surface area is 166 Å². The van der Waals surface area contributed by atoms with Crippen LogP contribution in [-0.4, -0.2) is 35.4 Å². The van der Waals surface area contributed by atoms with E-state index < -0.39 is 11.9 Å². The summed E-state index contributed by atoms with van der Waals surface area (Å²) in [6, 6.07) is 9.41. The first-order valence-electron chi connectivity index (χ1n) is 9.43. The highest BCUT2D eigenvalue weighted by atomic mass is 19.1. The molecule has 4 rings (SSSR count). The predicted molar refractivity (Wildman–Crippen MR) is 104 cm³/mol. The Morgan fingerprint density at radius 1 is 1.31 bits per heavy atom. The number of ether oxygens (including phenoxy) is 2. The van der Waals surface area contributed by atoms with Gasteiger partial charge in [-0.1, -0.05) is 0 Å². The summed E-state index contributed by atoms with van der Waals surface area (Å²) in [5.74, 6) is 1.15. The molecule has 152 valence electrons. The van der Waals surface area contributed by atoms with Gasteiger partial charge in [0.05, 0.1) is 12.6 Å². The van der Waals surface area contributed by atoms with Crippen molar-refractivity contribution in [1.29, 1.82) is 0 Å². The summed E-state index contributed by atoms with van der Waals surface area (Å²) in [4.78, 5) is 15.0. The Kier molecular flexibility index (Phi) is 5.24. The monoisotopic (exact) mass is 400 g/mol. The topological polar surface area (TPSA) is 93.8 Å². The van der Waals surface area contributed by atoms with Crippen LogP contribution in [-0.2, 0) is 0 Å². The van der Waals surface area contributed by atoms with E-state index in [-0.39, 0.29) is 18.4 Å². The first kappa shape index (κ1) is 19.0. The van der Waals surface area contributed by atoms with Gasteiger partial charge in [-0.25, -0.2) is 14.2 Å². The number of benzene rings is 2. The van der Waals surface area contributed by atoms with Crippen LogP contribution in [0.3, 0.4) is 0 Å². The van der Waals surface area contributed by atoms with Gasteiger partial charge < -0.3 is 24.3 Å². The number of aromatic nitrogens is 1. The predicted octanol–water partition coefficient (Wildman–Crippen LogP) is 4.46. The van der Waals surface area contributed by atoms with Crippen LogP contribution in [0.15, 0.2) is 40.8 Å². The Bertz CT molecular complexity index is 1030. The summed E-state index contributed by atoms with van der Waals surface area (Å²) < 4.78 is 31.2. The van der Waals surface area contributed by atoms with E-state index >= 15 is 0 Å². The lowest BCUT2D eigenvalue weighted by Gasteiger charge is -2.12. The lowest BCUT2D eigenvalue weighted by atomic mass is 10.2. The van der Waals surface area contributed by atoms with Crippen LogP contribution in [0.25, 0.3) is 22.6 Å². The van der Waals surface area contributed by atoms with Gasteiger partial charge in [-0.05, 0) is 56.0 Å². The van der Waals surface area contributed by atoms with Crippen LogP contribution in [0.1, 0.15) is 19.8 Å². The second kappa shape index (κ2) is 7.98. The SMILES string of the molecule is C[C@@H](COc1ccc2nc(-c3ccc(OCC4CC4)c(F)c3)oc2c1)NC(=O)O. The van der Waals surface area contributed by atoms with E-state index in [4.69, 9.17) is 19.0 Å². The maximum Gasteiger partial charge on any atom is 0.404 e. The molecule has 3 aromatic rings. The fraction of sp³-hybridized carbons (Fsp3) is 0.333. The first-order chi connectivity index (χ1) is 14.0. The molecule has 0 spiro atoms. The highest BCUT2D eigenvalue weighted by Gasteiger charge is 2.22. The summed E-state index contributed by atoms with van der Waals surface area (Å²) >= 11 is 0. The molecule has 8 heteroatoms. The van der Waals surface area contributed by atoms with Gasteiger partial charge in [-0.15, -0.1) is 0 Å². The smallest absolute Gasteiger partial charge is 0.404 e.